The van der Waals surface area contributed by atoms with Crippen LogP contribution in [0, 0.1) is 0 Å². The highest BCUT2D eigenvalue weighted by Crippen LogP contribution is 2.34. The first-order valence-corrected chi connectivity index (χ1v) is 11.3. The van der Waals surface area contributed by atoms with Gasteiger partial charge in [0.2, 0.25) is 5.28 Å². The second-order valence-electron chi connectivity index (χ2n) is 7.96. The summed E-state index contributed by atoms with van der Waals surface area (Å²) in [5.41, 5.74) is 0.950. The number of fused-ring (bicyclic) bond motifs is 1. The Labute approximate surface area is 173 Å². The maximum atomic E-state index is 9.52. The first kappa shape index (κ1) is 19.0. The van der Waals surface area contributed by atoms with Gasteiger partial charge in [-0.1, -0.05) is 0 Å². The zero-order valence-corrected chi connectivity index (χ0v) is 17.5. The third-order valence-corrected chi connectivity index (χ3v) is 7.31. The lowest BCUT2D eigenvalue weighted by atomic mass is 9.98. The average molecular weight is 424 g/mol. The van der Waals surface area contributed by atoms with Gasteiger partial charge < -0.3 is 14.7 Å². The topological polar surface area (TPSA) is 65.0 Å². The van der Waals surface area contributed by atoms with Crippen LogP contribution in [0.1, 0.15) is 17.7 Å². The van der Waals surface area contributed by atoms with Crippen LogP contribution < -0.4 is 4.90 Å². The maximum absolute atomic E-state index is 9.52. The van der Waals surface area contributed by atoms with Crippen LogP contribution >= 0.6 is 22.9 Å². The average Bonchev–Trinajstić information content (AvgIpc) is 3.08. The van der Waals surface area contributed by atoms with E-state index in [0.29, 0.717) is 11.3 Å². The molecule has 0 atom stereocenters. The summed E-state index contributed by atoms with van der Waals surface area (Å²) in [7, 11) is 0. The lowest BCUT2D eigenvalue weighted by Gasteiger charge is -2.45. The number of aliphatic hydroxyl groups is 1. The fraction of sp³-hybridized carbons (Fsp3) is 0.684. The molecular formula is C19H26ClN5O2S. The van der Waals surface area contributed by atoms with Gasteiger partial charge in [-0.15, -0.1) is 11.3 Å². The molecule has 3 saturated heterocycles. The predicted octanol–water partition coefficient (Wildman–Crippen LogP) is 1.82. The van der Waals surface area contributed by atoms with E-state index in [4.69, 9.17) is 16.3 Å². The zero-order valence-electron chi connectivity index (χ0n) is 15.9. The SMILES string of the molecule is OC1CN(C2CCN(Cc3cc4nc(Cl)nc(N5CCOCC5)c4s3)CC2)C1. The van der Waals surface area contributed by atoms with Gasteiger partial charge in [0.1, 0.15) is 0 Å². The number of aliphatic hydroxyl groups excluding tert-OH is 1. The van der Waals surface area contributed by atoms with Gasteiger partial charge in [0, 0.05) is 56.7 Å². The fourth-order valence-electron chi connectivity index (χ4n) is 4.45. The number of β-amino-alcohol motifs (C(OH)–C–C–N with tert-alkyl or cyclic N) is 1. The number of halogens is 1. The predicted molar refractivity (Wildman–Crippen MR) is 111 cm³/mol. The highest BCUT2D eigenvalue weighted by Gasteiger charge is 2.33. The minimum atomic E-state index is -0.106. The van der Waals surface area contributed by atoms with Crippen LogP contribution in [0.3, 0.4) is 0 Å². The molecule has 0 unspecified atom stereocenters. The van der Waals surface area contributed by atoms with Gasteiger partial charge in [-0.3, -0.25) is 9.80 Å². The molecule has 0 bridgehead atoms. The Kier molecular flexibility index (Phi) is 5.42. The normalized spacial score (nSPS) is 23.4. The Morgan fingerprint density at radius 2 is 1.89 bits per heavy atom. The number of ether oxygens (including phenoxy) is 1. The minimum Gasteiger partial charge on any atom is -0.390 e. The molecule has 3 fully saturated rings. The first-order valence-electron chi connectivity index (χ1n) is 10.1. The molecule has 28 heavy (non-hydrogen) atoms. The van der Waals surface area contributed by atoms with E-state index in [1.807, 2.05) is 0 Å². The van der Waals surface area contributed by atoms with Crippen molar-refractivity contribution >= 4 is 39.0 Å². The van der Waals surface area contributed by atoms with E-state index >= 15 is 0 Å². The standard InChI is InChI=1S/C19H26ClN5O2S/c20-19-21-16-9-15(28-17(16)18(22-19)24-5-7-27-8-6-24)12-23-3-1-13(2-4-23)25-10-14(26)11-25/h9,13-14,26H,1-8,10-12H2. The second-order valence-corrected chi connectivity index (χ2v) is 9.43. The van der Waals surface area contributed by atoms with Crippen molar-refractivity contribution in [3.05, 3.63) is 16.2 Å². The molecule has 9 heteroatoms. The Morgan fingerprint density at radius 1 is 1.14 bits per heavy atom. The van der Waals surface area contributed by atoms with Crippen LogP contribution in [0.15, 0.2) is 6.07 Å². The van der Waals surface area contributed by atoms with Crippen molar-refractivity contribution in [1.82, 2.24) is 19.8 Å². The zero-order chi connectivity index (χ0) is 19.1. The van der Waals surface area contributed by atoms with E-state index in [2.05, 4.69) is 30.7 Å². The second kappa shape index (κ2) is 8.01. The molecule has 3 aliphatic heterocycles. The molecular weight excluding hydrogens is 398 g/mol. The van der Waals surface area contributed by atoms with E-state index in [0.717, 1.165) is 75.1 Å². The molecule has 2 aromatic rings. The van der Waals surface area contributed by atoms with Gasteiger partial charge in [0.15, 0.2) is 5.82 Å². The quantitative estimate of drug-likeness (QED) is 0.752. The third kappa shape index (κ3) is 3.86. The molecule has 5 heterocycles. The lowest BCUT2D eigenvalue weighted by Crippen LogP contribution is -2.57. The molecule has 152 valence electrons. The van der Waals surface area contributed by atoms with E-state index < -0.39 is 0 Å². The summed E-state index contributed by atoms with van der Waals surface area (Å²) in [4.78, 5) is 17.5. The van der Waals surface area contributed by atoms with Crippen molar-refractivity contribution < 1.29 is 9.84 Å². The summed E-state index contributed by atoms with van der Waals surface area (Å²) in [6.45, 7) is 8.01. The number of likely N-dealkylation sites (tertiary alicyclic amines) is 2. The first-order chi connectivity index (χ1) is 13.7. The van der Waals surface area contributed by atoms with E-state index in [1.54, 1.807) is 11.3 Å². The van der Waals surface area contributed by atoms with Crippen molar-refractivity contribution in [2.75, 3.05) is 57.4 Å². The van der Waals surface area contributed by atoms with Gasteiger partial charge in [-0.25, -0.2) is 4.98 Å². The van der Waals surface area contributed by atoms with Gasteiger partial charge in [0.25, 0.3) is 0 Å². The van der Waals surface area contributed by atoms with E-state index in [1.165, 1.54) is 17.7 Å². The number of hydrogen-bond acceptors (Lipinski definition) is 8. The van der Waals surface area contributed by atoms with Crippen LogP contribution in [-0.2, 0) is 11.3 Å². The summed E-state index contributed by atoms with van der Waals surface area (Å²) in [5, 5.41) is 9.84. The number of morpholine rings is 1. The highest BCUT2D eigenvalue weighted by molar-refractivity contribution is 7.19. The Balaban J connectivity index is 1.28. The summed E-state index contributed by atoms with van der Waals surface area (Å²) in [5.74, 6) is 0.949. The van der Waals surface area contributed by atoms with E-state index in [-0.39, 0.29) is 6.10 Å². The number of thiophene rings is 1. The molecule has 0 radical (unpaired) electrons. The van der Waals surface area contributed by atoms with Crippen molar-refractivity contribution in [2.45, 2.75) is 31.5 Å². The Hall–Kier alpha value is -1.03. The Bertz CT molecular complexity index is 829. The molecule has 7 nitrogen and oxygen atoms in total. The molecule has 0 saturated carbocycles. The van der Waals surface area contributed by atoms with Crippen molar-refractivity contribution in [3.63, 3.8) is 0 Å². The molecule has 0 aromatic carbocycles. The molecule has 0 spiro atoms. The van der Waals surface area contributed by atoms with Gasteiger partial charge in [-0.2, -0.15) is 4.98 Å². The lowest BCUT2D eigenvalue weighted by molar-refractivity contribution is -0.0401. The van der Waals surface area contributed by atoms with Crippen LogP contribution in [0.25, 0.3) is 10.2 Å². The van der Waals surface area contributed by atoms with Gasteiger partial charge in [-0.05, 0) is 30.5 Å². The highest BCUT2D eigenvalue weighted by atomic mass is 35.5. The third-order valence-electron chi connectivity index (χ3n) is 6.03. The van der Waals surface area contributed by atoms with Crippen molar-refractivity contribution in [1.29, 1.82) is 0 Å². The molecule has 1 N–H and O–H groups in total. The molecule has 2 aromatic heterocycles. The molecule has 0 aliphatic carbocycles. The fourth-order valence-corrected chi connectivity index (χ4v) is 5.78. The van der Waals surface area contributed by atoms with Crippen LogP contribution in [0.4, 0.5) is 5.82 Å². The van der Waals surface area contributed by atoms with Crippen LogP contribution in [0.5, 0.6) is 0 Å². The number of piperidine rings is 1. The number of nitrogens with zero attached hydrogens (tertiary/aromatic N) is 5. The molecule has 5 rings (SSSR count). The van der Waals surface area contributed by atoms with Gasteiger partial charge in [0.05, 0.1) is 29.5 Å². The largest absolute Gasteiger partial charge is 0.390 e. The van der Waals surface area contributed by atoms with Crippen molar-refractivity contribution in [3.8, 4) is 0 Å². The molecule has 0 amide bonds. The van der Waals surface area contributed by atoms with Crippen molar-refractivity contribution in [2.24, 2.45) is 0 Å². The van der Waals surface area contributed by atoms with Crippen LogP contribution in [-0.4, -0.2) is 89.5 Å². The number of rotatable bonds is 4. The van der Waals surface area contributed by atoms with E-state index in [9.17, 15) is 5.11 Å². The number of aromatic nitrogens is 2. The number of anilines is 1. The monoisotopic (exact) mass is 423 g/mol. The summed E-state index contributed by atoms with van der Waals surface area (Å²) < 4.78 is 6.60. The maximum Gasteiger partial charge on any atom is 0.224 e. The summed E-state index contributed by atoms with van der Waals surface area (Å²) in [6.07, 6.45) is 2.26. The summed E-state index contributed by atoms with van der Waals surface area (Å²) >= 11 is 8.00. The number of hydrogen-bond donors (Lipinski definition) is 1. The smallest absolute Gasteiger partial charge is 0.224 e. The Morgan fingerprint density at radius 3 is 2.61 bits per heavy atom. The van der Waals surface area contributed by atoms with Gasteiger partial charge >= 0.3 is 0 Å². The van der Waals surface area contributed by atoms with Crippen LogP contribution in [0.2, 0.25) is 5.28 Å². The summed E-state index contributed by atoms with van der Waals surface area (Å²) in [6, 6.07) is 2.81. The minimum absolute atomic E-state index is 0.106. The molecule has 3 aliphatic rings.